The summed E-state index contributed by atoms with van der Waals surface area (Å²) in [6, 6.07) is 15.1. The Bertz CT molecular complexity index is 1260. The van der Waals surface area contributed by atoms with Crippen molar-refractivity contribution in [2.24, 2.45) is 5.41 Å². The van der Waals surface area contributed by atoms with Gasteiger partial charge in [0.2, 0.25) is 5.91 Å². The van der Waals surface area contributed by atoms with Gasteiger partial charge in [-0.15, -0.1) is 0 Å². The molecule has 37 heavy (non-hydrogen) atoms. The van der Waals surface area contributed by atoms with Crippen LogP contribution in [0, 0.1) is 11.2 Å². The van der Waals surface area contributed by atoms with Crippen LogP contribution in [0.4, 0.5) is 4.39 Å². The quantitative estimate of drug-likeness (QED) is 0.438. The van der Waals surface area contributed by atoms with Crippen LogP contribution in [0.3, 0.4) is 0 Å². The topological polar surface area (TPSA) is 81.0 Å². The predicted octanol–water partition coefficient (Wildman–Crippen LogP) is 4.89. The maximum absolute atomic E-state index is 14.2. The molecule has 0 radical (unpaired) electrons. The Kier molecular flexibility index (Phi) is 7.97. The Morgan fingerprint density at radius 1 is 1.14 bits per heavy atom. The summed E-state index contributed by atoms with van der Waals surface area (Å²) in [6.45, 7) is 7.15. The van der Waals surface area contributed by atoms with Gasteiger partial charge in [0.25, 0.3) is 5.91 Å². The number of furan rings is 1. The summed E-state index contributed by atoms with van der Waals surface area (Å²) < 4.78 is 30.8. The third kappa shape index (κ3) is 6.20. The number of carbonyl (C=O) groups is 2. The van der Waals surface area contributed by atoms with Crippen molar-refractivity contribution in [3.8, 4) is 5.75 Å². The molecular weight excluding hydrogens is 475 g/mol. The molecule has 1 aliphatic rings. The van der Waals surface area contributed by atoms with Crippen molar-refractivity contribution in [3.05, 3.63) is 88.6 Å². The second-order valence-corrected chi connectivity index (χ2v) is 10.1. The summed E-state index contributed by atoms with van der Waals surface area (Å²) in [5.41, 5.74) is 2.13. The van der Waals surface area contributed by atoms with E-state index in [2.05, 4.69) is 5.32 Å². The van der Waals surface area contributed by atoms with Gasteiger partial charge in [0.1, 0.15) is 23.9 Å². The normalized spacial score (nSPS) is 15.3. The number of benzene rings is 2. The molecule has 1 aliphatic heterocycles. The number of methoxy groups -OCH3 is 1. The van der Waals surface area contributed by atoms with Crippen molar-refractivity contribution < 1.29 is 27.9 Å². The fraction of sp³-hybridized carbons (Fsp3) is 0.379. The van der Waals surface area contributed by atoms with E-state index in [1.54, 1.807) is 25.3 Å². The van der Waals surface area contributed by atoms with Crippen LogP contribution in [0.25, 0.3) is 0 Å². The number of fused-ring (bicyclic) bond motifs is 1. The Balaban J connectivity index is 1.56. The van der Waals surface area contributed by atoms with Gasteiger partial charge in [-0.3, -0.25) is 9.59 Å². The van der Waals surface area contributed by atoms with Gasteiger partial charge in [-0.05, 0) is 59.5 Å². The minimum Gasteiger partial charge on any atom is -0.486 e. The zero-order valence-corrected chi connectivity index (χ0v) is 21.7. The predicted molar refractivity (Wildman–Crippen MR) is 137 cm³/mol. The van der Waals surface area contributed by atoms with E-state index in [0.29, 0.717) is 43.2 Å². The molecule has 1 aromatic heterocycles. The summed E-state index contributed by atoms with van der Waals surface area (Å²) in [6.07, 6.45) is 0.697. The van der Waals surface area contributed by atoms with Crippen molar-refractivity contribution in [2.45, 2.75) is 39.8 Å². The lowest BCUT2D eigenvalue weighted by atomic mass is 9.85. The molecule has 3 aromatic rings. The van der Waals surface area contributed by atoms with Gasteiger partial charge in [0.15, 0.2) is 5.76 Å². The molecule has 0 bridgehead atoms. The first kappa shape index (κ1) is 26.4. The Labute approximate surface area is 216 Å². The molecule has 1 atom stereocenters. The van der Waals surface area contributed by atoms with Crippen LogP contribution >= 0.6 is 0 Å². The Morgan fingerprint density at radius 2 is 1.95 bits per heavy atom. The molecular formula is C29H33FN2O5. The second kappa shape index (κ2) is 11.2. The number of ether oxygens (including phenoxy) is 2. The van der Waals surface area contributed by atoms with Gasteiger partial charge < -0.3 is 24.1 Å². The maximum atomic E-state index is 14.2. The third-order valence-electron chi connectivity index (χ3n) is 6.27. The van der Waals surface area contributed by atoms with Gasteiger partial charge in [0, 0.05) is 25.6 Å². The zero-order chi connectivity index (χ0) is 26.6. The molecule has 8 heteroatoms. The summed E-state index contributed by atoms with van der Waals surface area (Å²) in [5, 5.41) is 2.71. The van der Waals surface area contributed by atoms with Crippen LogP contribution < -0.4 is 10.1 Å². The van der Waals surface area contributed by atoms with Gasteiger partial charge in [-0.1, -0.05) is 39.0 Å². The van der Waals surface area contributed by atoms with Gasteiger partial charge in [-0.2, -0.15) is 0 Å². The molecule has 196 valence electrons. The van der Waals surface area contributed by atoms with Crippen molar-refractivity contribution in [1.82, 2.24) is 10.2 Å². The third-order valence-corrected chi connectivity index (χ3v) is 6.27. The van der Waals surface area contributed by atoms with Crippen LogP contribution in [-0.2, 0) is 22.6 Å². The van der Waals surface area contributed by atoms with E-state index in [4.69, 9.17) is 13.9 Å². The van der Waals surface area contributed by atoms with Gasteiger partial charge in [-0.25, -0.2) is 4.39 Å². The van der Waals surface area contributed by atoms with Crippen LogP contribution in [0.2, 0.25) is 0 Å². The number of nitrogens with zero attached hydrogens (tertiary/aromatic N) is 1. The average molecular weight is 509 g/mol. The SMILES string of the molecule is COCCNC(=O)c1ccc(COc2ccc3c(c2)[C@H](c2cccc(F)c2)N(C(=O)C(C)(C)C)CC3)o1. The molecule has 2 heterocycles. The molecule has 1 N–H and O–H groups in total. The largest absolute Gasteiger partial charge is 0.486 e. The lowest BCUT2D eigenvalue weighted by Gasteiger charge is -2.41. The minimum absolute atomic E-state index is 0.00521. The fourth-order valence-electron chi connectivity index (χ4n) is 4.45. The van der Waals surface area contributed by atoms with Crippen molar-refractivity contribution >= 4 is 11.8 Å². The molecule has 0 saturated carbocycles. The van der Waals surface area contributed by atoms with E-state index in [9.17, 15) is 14.0 Å². The number of nitrogens with one attached hydrogen (secondary N) is 1. The summed E-state index contributed by atoms with van der Waals surface area (Å²) in [4.78, 5) is 27.4. The highest BCUT2D eigenvalue weighted by molar-refractivity contribution is 5.91. The Morgan fingerprint density at radius 3 is 2.68 bits per heavy atom. The number of hydrogen-bond donors (Lipinski definition) is 1. The van der Waals surface area contributed by atoms with E-state index in [-0.39, 0.29) is 30.0 Å². The molecule has 0 aliphatic carbocycles. The van der Waals surface area contributed by atoms with E-state index < -0.39 is 11.5 Å². The maximum Gasteiger partial charge on any atom is 0.287 e. The van der Waals surface area contributed by atoms with Crippen LogP contribution in [0.5, 0.6) is 5.75 Å². The summed E-state index contributed by atoms with van der Waals surface area (Å²) in [5.74, 6) is 0.625. The Hall–Kier alpha value is -3.65. The number of halogens is 1. The van der Waals surface area contributed by atoms with Crippen LogP contribution in [0.15, 0.2) is 59.0 Å². The molecule has 0 spiro atoms. The molecule has 2 amide bonds. The number of amides is 2. The average Bonchev–Trinajstić information content (AvgIpc) is 3.35. The second-order valence-electron chi connectivity index (χ2n) is 10.1. The van der Waals surface area contributed by atoms with Gasteiger partial charge >= 0.3 is 0 Å². The van der Waals surface area contributed by atoms with Crippen molar-refractivity contribution in [2.75, 3.05) is 26.8 Å². The van der Waals surface area contributed by atoms with Crippen LogP contribution in [-0.4, -0.2) is 43.5 Å². The lowest BCUT2D eigenvalue weighted by Crippen LogP contribution is -2.45. The van der Waals surface area contributed by atoms with Gasteiger partial charge in [0.05, 0.1) is 12.6 Å². The first-order valence-corrected chi connectivity index (χ1v) is 12.4. The number of rotatable bonds is 8. The van der Waals surface area contributed by atoms with E-state index in [1.165, 1.54) is 12.1 Å². The van der Waals surface area contributed by atoms with E-state index in [1.807, 2.05) is 49.9 Å². The first-order chi connectivity index (χ1) is 17.7. The lowest BCUT2D eigenvalue weighted by molar-refractivity contribution is -0.141. The summed E-state index contributed by atoms with van der Waals surface area (Å²) >= 11 is 0. The molecule has 2 aromatic carbocycles. The van der Waals surface area contributed by atoms with Crippen molar-refractivity contribution in [1.29, 1.82) is 0 Å². The molecule has 0 saturated heterocycles. The molecule has 4 rings (SSSR count). The molecule has 0 fully saturated rings. The monoisotopic (exact) mass is 508 g/mol. The highest BCUT2D eigenvalue weighted by Gasteiger charge is 2.37. The van der Waals surface area contributed by atoms with Crippen LogP contribution in [0.1, 0.15) is 59.8 Å². The van der Waals surface area contributed by atoms with E-state index >= 15 is 0 Å². The zero-order valence-electron chi connectivity index (χ0n) is 21.7. The molecule has 0 unspecified atom stereocenters. The summed E-state index contributed by atoms with van der Waals surface area (Å²) in [7, 11) is 1.56. The smallest absolute Gasteiger partial charge is 0.287 e. The highest BCUT2D eigenvalue weighted by Crippen LogP contribution is 2.39. The fourth-order valence-corrected chi connectivity index (χ4v) is 4.45. The van der Waals surface area contributed by atoms with Crippen molar-refractivity contribution in [3.63, 3.8) is 0 Å². The molecule has 7 nitrogen and oxygen atoms in total. The highest BCUT2D eigenvalue weighted by atomic mass is 19.1. The first-order valence-electron chi connectivity index (χ1n) is 12.4. The number of hydrogen-bond acceptors (Lipinski definition) is 5. The number of carbonyl (C=O) groups excluding carboxylic acids is 2. The van der Waals surface area contributed by atoms with E-state index in [0.717, 1.165) is 11.1 Å². The minimum atomic E-state index is -0.579. The standard InChI is InChI=1S/C29H33FN2O5/c1-29(2,3)28(34)32-14-12-19-8-9-22(17-24(19)26(32)20-6-5-7-21(30)16-20)36-18-23-10-11-25(37-23)27(33)31-13-15-35-4/h5-11,16-17,26H,12-15,18H2,1-4H3,(H,31,33)/t26-/m0/s1.